The largest absolute Gasteiger partial charge is 0.465 e. The van der Waals surface area contributed by atoms with Gasteiger partial charge in [-0.1, -0.05) is 18.2 Å². The van der Waals surface area contributed by atoms with Crippen LogP contribution in [-0.4, -0.2) is 37.5 Å². The van der Waals surface area contributed by atoms with Crippen molar-refractivity contribution in [3.8, 4) is 0 Å². The maximum absolute atomic E-state index is 13.3. The Morgan fingerprint density at radius 2 is 1.75 bits per heavy atom. The Labute approximate surface area is 182 Å². The topological polar surface area (TPSA) is 105 Å². The van der Waals surface area contributed by atoms with Crippen LogP contribution in [-0.2, 0) is 25.4 Å². The summed E-state index contributed by atoms with van der Waals surface area (Å²) in [5.41, 5.74) is 1.11. The molecule has 0 saturated heterocycles. The number of nitrogens with zero attached hydrogens (tertiary/aromatic N) is 4. The summed E-state index contributed by atoms with van der Waals surface area (Å²) in [6, 6.07) is 8.87. The molecule has 9 nitrogen and oxygen atoms in total. The Bertz CT molecular complexity index is 1560. The van der Waals surface area contributed by atoms with Gasteiger partial charge in [-0.3, -0.25) is 18.7 Å². The summed E-state index contributed by atoms with van der Waals surface area (Å²) in [5.74, 6) is -1.10. The van der Waals surface area contributed by atoms with Crippen molar-refractivity contribution >= 4 is 33.7 Å². The summed E-state index contributed by atoms with van der Waals surface area (Å²) in [6.45, 7) is 3.00. The van der Waals surface area contributed by atoms with Gasteiger partial charge in [-0.25, -0.2) is 14.6 Å². The molecule has 0 atom stereocenters. The number of carbonyl (C=O) groups is 2. The number of pyridine rings is 1. The summed E-state index contributed by atoms with van der Waals surface area (Å²) in [7, 11) is 4.51. The molecule has 0 fully saturated rings. The Balaban J connectivity index is 1.95. The van der Waals surface area contributed by atoms with Crippen LogP contribution in [0.2, 0.25) is 0 Å². The summed E-state index contributed by atoms with van der Waals surface area (Å²) < 4.78 is 8.71. The molecule has 0 spiro atoms. The number of ketones is 1. The number of methoxy groups -OCH3 is 1. The van der Waals surface area contributed by atoms with E-state index in [0.717, 1.165) is 21.2 Å². The minimum Gasteiger partial charge on any atom is -0.465 e. The van der Waals surface area contributed by atoms with Crippen LogP contribution in [0.3, 0.4) is 0 Å². The molecule has 9 heteroatoms. The van der Waals surface area contributed by atoms with Gasteiger partial charge in [0, 0.05) is 41.9 Å². The molecular formula is C23H22N4O5. The van der Waals surface area contributed by atoms with E-state index in [1.807, 2.05) is 42.8 Å². The van der Waals surface area contributed by atoms with Crippen molar-refractivity contribution in [1.29, 1.82) is 0 Å². The standard InChI is InChI=1S/C23H22N4O5/c1-12-10-15(22(30)32-5)19-20(24-12)26(4)23(31)27(21(19)29)11-17(28)18-13(2)25(3)16-9-7-6-8-14(16)18/h6-10H,11H2,1-5H3. The second-order valence-electron chi connectivity index (χ2n) is 7.69. The summed E-state index contributed by atoms with van der Waals surface area (Å²) in [4.78, 5) is 56.2. The predicted octanol–water partition coefficient (Wildman–Crippen LogP) is 1.87. The van der Waals surface area contributed by atoms with E-state index in [1.165, 1.54) is 24.8 Å². The molecule has 0 amide bonds. The summed E-state index contributed by atoms with van der Waals surface area (Å²) in [5, 5.41) is 0.683. The number of ether oxygens (including phenoxy) is 1. The van der Waals surface area contributed by atoms with Gasteiger partial charge in [0.1, 0.15) is 5.65 Å². The molecule has 32 heavy (non-hydrogen) atoms. The number of fused-ring (bicyclic) bond motifs is 2. The van der Waals surface area contributed by atoms with Crippen molar-refractivity contribution in [3.63, 3.8) is 0 Å². The Morgan fingerprint density at radius 1 is 1.06 bits per heavy atom. The minimum absolute atomic E-state index is 0.00172. The fourth-order valence-electron chi connectivity index (χ4n) is 4.11. The molecule has 164 valence electrons. The van der Waals surface area contributed by atoms with Crippen molar-refractivity contribution in [3.05, 3.63) is 73.7 Å². The maximum Gasteiger partial charge on any atom is 0.338 e. The van der Waals surface area contributed by atoms with E-state index in [0.29, 0.717) is 11.3 Å². The molecule has 4 rings (SSSR count). The lowest BCUT2D eigenvalue weighted by atomic mass is 10.1. The van der Waals surface area contributed by atoms with E-state index in [4.69, 9.17) is 4.74 Å². The van der Waals surface area contributed by atoms with Gasteiger partial charge in [0.25, 0.3) is 5.56 Å². The van der Waals surface area contributed by atoms with Crippen LogP contribution in [0.25, 0.3) is 21.9 Å². The number of para-hydroxylation sites is 1. The van der Waals surface area contributed by atoms with Crippen LogP contribution in [0.1, 0.15) is 32.1 Å². The first-order valence-electron chi connectivity index (χ1n) is 9.94. The molecule has 0 aliphatic heterocycles. The lowest BCUT2D eigenvalue weighted by Crippen LogP contribution is -2.41. The van der Waals surface area contributed by atoms with Crippen LogP contribution < -0.4 is 11.2 Å². The fraction of sp³-hybridized carbons (Fsp3) is 0.261. The maximum atomic E-state index is 13.3. The highest BCUT2D eigenvalue weighted by atomic mass is 16.5. The highest BCUT2D eigenvalue weighted by Gasteiger charge is 2.24. The fourth-order valence-corrected chi connectivity index (χ4v) is 4.11. The number of hydrogen-bond acceptors (Lipinski definition) is 6. The smallest absolute Gasteiger partial charge is 0.338 e. The Hall–Kier alpha value is -4.01. The van der Waals surface area contributed by atoms with Crippen molar-refractivity contribution < 1.29 is 14.3 Å². The van der Waals surface area contributed by atoms with Crippen LogP contribution in [0.5, 0.6) is 0 Å². The number of aromatic nitrogens is 4. The van der Waals surface area contributed by atoms with Gasteiger partial charge in [0.2, 0.25) is 0 Å². The number of esters is 1. The lowest BCUT2D eigenvalue weighted by molar-refractivity contribution is 0.0602. The molecule has 0 N–H and O–H groups in total. The molecule has 3 heterocycles. The highest BCUT2D eigenvalue weighted by molar-refractivity contribution is 6.09. The van der Waals surface area contributed by atoms with Gasteiger partial charge in [0.05, 0.1) is 24.6 Å². The van der Waals surface area contributed by atoms with Gasteiger partial charge < -0.3 is 9.30 Å². The lowest BCUT2D eigenvalue weighted by Gasteiger charge is -2.12. The molecule has 3 aromatic heterocycles. The zero-order valence-corrected chi connectivity index (χ0v) is 18.4. The monoisotopic (exact) mass is 434 g/mol. The highest BCUT2D eigenvalue weighted by Crippen LogP contribution is 2.25. The summed E-state index contributed by atoms with van der Waals surface area (Å²) in [6.07, 6.45) is 0. The molecule has 0 aliphatic rings. The molecule has 1 aromatic carbocycles. The first kappa shape index (κ1) is 21.2. The molecule has 0 aliphatic carbocycles. The second-order valence-corrected chi connectivity index (χ2v) is 7.69. The van der Waals surface area contributed by atoms with Gasteiger partial charge in [-0.15, -0.1) is 0 Å². The Kier molecular flexibility index (Phi) is 5.04. The molecule has 4 aromatic rings. The van der Waals surface area contributed by atoms with E-state index in [9.17, 15) is 19.2 Å². The Morgan fingerprint density at radius 3 is 2.44 bits per heavy atom. The predicted molar refractivity (Wildman–Crippen MR) is 119 cm³/mol. The van der Waals surface area contributed by atoms with Gasteiger partial charge in [-0.2, -0.15) is 0 Å². The van der Waals surface area contributed by atoms with Crippen LogP contribution in [0.4, 0.5) is 0 Å². The number of carbonyl (C=O) groups excluding carboxylic acids is 2. The molecule has 0 unspecified atom stereocenters. The molecule has 0 radical (unpaired) electrons. The van der Waals surface area contributed by atoms with E-state index >= 15 is 0 Å². The van der Waals surface area contributed by atoms with Crippen LogP contribution in [0.15, 0.2) is 39.9 Å². The minimum atomic E-state index is -0.762. The van der Waals surface area contributed by atoms with E-state index < -0.39 is 23.8 Å². The van der Waals surface area contributed by atoms with Gasteiger partial charge in [-0.05, 0) is 26.0 Å². The number of benzene rings is 1. The molecule has 0 saturated carbocycles. The molecular weight excluding hydrogens is 412 g/mol. The third-order valence-electron chi connectivity index (χ3n) is 5.81. The average molecular weight is 434 g/mol. The second kappa shape index (κ2) is 7.60. The first-order chi connectivity index (χ1) is 15.2. The van der Waals surface area contributed by atoms with Crippen molar-refractivity contribution in [2.45, 2.75) is 20.4 Å². The third kappa shape index (κ3) is 3.05. The van der Waals surface area contributed by atoms with E-state index in [-0.39, 0.29) is 22.4 Å². The van der Waals surface area contributed by atoms with Crippen LogP contribution >= 0.6 is 0 Å². The average Bonchev–Trinajstić information content (AvgIpc) is 3.04. The number of aryl methyl sites for hydroxylation is 3. The third-order valence-corrected chi connectivity index (χ3v) is 5.81. The number of hydrogen-bond donors (Lipinski definition) is 0. The summed E-state index contributed by atoms with van der Waals surface area (Å²) >= 11 is 0. The molecule has 0 bridgehead atoms. The van der Waals surface area contributed by atoms with E-state index in [2.05, 4.69) is 4.98 Å². The SMILES string of the molecule is COC(=O)c1cc(C)nc2c1c(=O)n(CC(=O)c1c(C)n(C)c3ccccc13)c(=O)n2C. The zero-order valence-electron chi connectivity index (χ0n) is 18.4. The number of rotatable bonds is 4. The first-order valence-corrected chi connectivity index (χ1v) is 9.94. The van der Waals surface area contributed by atoms with Crippen molar-refractivity contribution in [2.24, 2.45) is 14.1 Å². The number of Topliss-reactive ketones (excluding diaryl/α,β-unsaturated/α-hetero) is 1. The quantitative estimate of drug-likeness (QED) is 0.359. The normalized spacial score (nSPS) is 11.3. The van der Waals surface area contributed by atoms with Gasteiger partial charge in [0.15, 0.2) is 5.78 Å². The van der Waals surface area contributed by atoms with Crippen molar-refractivity contribution in [2.75, 3.05) is 7.11 Å². The van der Waals surface area contributed by atoms with Crippen molar-refractivity contribution in [1.82, 2.24) is 18.7 Å². The zero-order chi connectivity index (χ0) is 23.3. The van der Waals surface area contributed by atoms with Gasteiger partial charge >= 0.3 is 11.7 Å². The van der Waals surface area contributed by atoms with E-state index in [1.54, 1.807) is 6.92 Å². The van der Waals surface area contributed by atoms with Crippen LogP contribution in [0, 0.1) is 13.8 Å².